The van der Waals surface area contributed by atoms with Crippen LogP contribution in [0.2, 0.25) is 0 Å². The molecule has 7 nitrogen and oxygen atoms in total. The van der Waals surface area contributed by atoms with E-state index in [1.54, 1.807) is 0 Å². The Morgan fingerprint density at radius 2 is 1.91 bits per heavy atom. The number of aryl methyl sites for hydroxylation is 1. The number of hydrogen-bond acceptors (Lipinski definition) is 6. The monoisotopic (exact) mass is 510 g/mol. The fourth-order valence-electron chi connectivity index (χ4n) is 3.81. The van der Waals surface area contributed by atoms with Gasteiger partial charge in [-0.1, -0.05) is 6.07 Å². The zero-order valence-corrected chi connectivity index (χ0v) is 19.5. The maximum absolute atomic E-state index is 13.8. The molecule has 1 aliphatic heterocycles. The number of nitrogens with one attached hydrogen (secondary N) is 2. The van der Waals surface area contributed by atoms with Crippen molar-refractivity contribution in [2.75, 3.05) is 17.9 Å². The lowest BCUT2D eigenvalue weighted by atomic mass is 10.0. The van der Waals surface area contributed by atoms with Crippen LogP contribution in [0.1, 0.15) is 29.8 Å². The van der Waals surface area contributed by atoms with Crippen LogP contribution in [0.5, 0.6) is 0 Å². The fourth-order valence-corrected chi connectivity index (χ4v) is 4.83. The van der Waals surface area contributed by atoms with Gasteiger partial charge in [0.05, 0.1) is 28.5 Å². The van der Waals surface area contributed by atoms with E-state index in [0.29, 0.717) is 30.5 Å². The first kappa shape index (κ1) is 25.0. The molecule has 0 amide bonds. The van der Waals surface area contributed by atoms with Crippen molar-refractivity contribution in [3.05, 3.63) is 71.3 Å². The molecule has 12 heteroatoms. The van der Waals surface area contributed by atoms with Crippen LogP contribution < -0.4 is 10.0 Å². The number of pyridine rings is 2. The van der Waals surface area contributed by atoms with E-state index in [1.165, 1.54) is 31.3 Å². The van der Waals surface area contributed by atoms with Crippen molar-refractivity contribution >= 4 is 15.8 Å². The first-order chi connectivity index (χ1) is 16.5. The van der Waals surface area contributed by atoms with Gasteiger partial charge in [-0.3, -0.25) is 9.71 Å². The molecular weight excluding hydrogens is 488 g/mol. The third kappa shape index (κ3) is 5.44. The van der Waals surface area contributed by atoms with Gasteiger partial charge in [-0.15, -0.1) is 0 Å². The minimum Gasteiger partial charge on any atom is -0.369 e. The van der Waals surface area contributed by atoms with E-state index in [2.05, 4.69) is 20.0 Å². The van der Waals surface area contributed by atoms with Crippen molar-refractivity contribution in [1.29, 1.82) is 0 Å². The molecule has 1 saturated heterocycles. The molecule has 2 aromatic heterocycles. The molecule has 0 bridgehead atoms. The molecule has 1 aliphatic rings. The molecule has 2 atom stereocenters. The van der Waals surface area contributed by atoms with Gasteiger partial charge in [0.2, 0.25) is 0 Å². The number of hydrogen-bond donors (Lipinski definition) is 2. The number of nitrogens with zero attached hydrogens (tertiary/aromatic N) is 2. The SMILES string of the molecule is Cc1ccc(F)cc1-c1nc(NS(=O)(=O)c2ccnc(C3OCCNC3C)c2)ccc1C(F)(F)F. The van der Waals surface area contributed by atoms with Crippen molar-refractivity contribution < 1.29 is 30.7 Å². The minimum atomic E-state index is -4.79. The van der Waals surface area contributed by atoms with Crippen LogP contribution in [-0.4, -0.2) is 37.6 Å². The third-order valence-corrected chi connectivity index (χ3v) is 6.92. The lowest BCUT2D eigenvalue weighted by Gasteiger charge is -2.29. The second kappa shape index (κ2) is 9.51. The second-order valence-electron chi connectivity index (χ2n) is 8.11. The van der Waals surface area contributed by atoms with E-state index in [-0.39, 0.29) is 22.3 Å². The molecule has 0 aliphatic carbocycles. The molecule has 0 radical (unpaired) electrons. The highest BCUT2D eigenvalue weighted by Crippen LogP contribution is 2.38. The fraction of sp³-hybridized carbons (Fsp3) is 0.304. The highest BCUT2D eigenvalue weighted by molar-refractivity contribution is 7.92. The summed E-state index contributed by atoms with van der Waals surface area (Å²) < 4.78 is 88.8. The highest BCUT2D eigenvalue weighted by atomic mass is 32.2. The zero-order chi connectivity index (χ0) is 25.4. The van der Waals surface area contributed by atoms with E-state index >= 15 is 0 Å². The Morgan fingerprint density at radius 3 is 2.63 bits per heavy atom. The Kier molecular flexibility index (Phi) is 6.80. The molecule has 3 aromatic rings. The van der Waals surface area contributed by atoms with E-state index in [9.17, 15) is 26.0 Å². The maximum Gasteiger partial charge on any atom is 0.418 e. The number of rotatable bonds is 5. The summed E-state index contributed by atoms with van der Waals surface area (Å²) in [6, 6.07) is 7.50. The summed E-state index contributed by atoms with van der Waals surface area (Å²) in [6.07, 6.45) is -3.94. The summed E-state index contributed by atoms with van der Waals surface area (Å²) >= 11 is 0. The van der Waals surface area contributed by atoms with Crippen molar-refractivity contribution in [2.45, 2.75) is 37.1 Å². The number of sulfonamides is 1. The Hall–Kier alpha value is -3.09. The molecule has 1 aromatic carbocycles. The van der Waals surface area contributed by atoms with Gasteiger partial charge in [0, 0.05) is 24.3 Å². The van der Waals surface area contributed by atoms with Crippen molar-refractivity contribution in [3.8, 4) is 11.3 Å². The first-order valence-electron chi connectivity index (χ1n) is 10.6. The summed E-state index contributed by atoms with van der Waals surface area (Å²) in [5, 5.41) is 3.22. The van der Waals surface area contributed by atoms with Crippen LogP contribution in [0.4, 0.5) is 23.4 Å². The predicted octanol–water partition coefficient (Wildman–Crippen LogP) is 4.46. The van der Waals surface area contributed by atoms with E-state index < -0.39 is 39.4 Å². The van der Waals surface area contributed by atoms with E-state index in [4.69, 9.17) is 4.74 Å². The standard InChI is InChI=1S/C23H22F4N4O3S/c1-13-3-4-15(24)11-17(13)21-18(23(25,26)27)5-6-20(30-21)31-35(32,33)16-7-8-29-19(12-16)22-14(2)28-9-10-34-22/h3-8,11-12,14,22,28H,9-10H2,1-2H3,(H,30,31). The number of aromatic nitrogens is 2. The number of benzene rings is 1. The normalized spacial score (nSPS) is 18.9. The van der Waals surface area contributed by atoms with Crippen molar-refractivity contribution in [2.24, 2.45) is 0 Å². The van der Waals surface area contributed by atoms with Crippen LogP contribution in [0.15, 0.2) is 53.6 Å². The lowest BCUT2D eigenvalue weighted by Crippen LogP contribution is -2.41. The Morgan fingerprint density at radius 1 is 1.14 bits per heavy atom. The topological polar surface area (TPSA) is 93.2 Å². The summed E-state index contributed by atoms with van der Waals surface area (Å²) in [5.41, 5.74) is -1.06. The summed E-state index contributed by atoms with van der Waals surface area (Å²) in [7, 11) is -4.24. The molecular formula is C23H22F4N4O3S. The molecule has 0 spiro atoms. The molecule has 35 heavy (non-hydrogen) atoms. The van der Waals surface area contributed by atoms with Gasteiger partial charge in [-0.05, 0) is 55.8 Å². The van der Waals surface area contributed by atoms with Gasteiger partial charge in [-0.25, -0.2) is 17.8 Å². The molecule has 1 fully saturated rings. The number of anilines is 1. The van der Waals surface area contributed by atoms with Gasteiger partial charge in [0.1, 0.15) is 17.7 Å². The van der Waals surface area contributed by atoms with Crippen molar-refractivity contribution in [3.63, 3.8) is 0 Å². The Balaban J connectivity index is 1.71. The quantitative estimate of drug-likeness (QED) is 0.493. The van der Waals surface area contributed by atoms with Crippen LogP contribution in [0.25, 0.3) is 11.3 Å². The Labute approximate surface area is 199 Å². The van der Waals surface area contributed by atoms with Gasteiger partial charge in [0.25, 0.3) is 10.0 Å². The van der Waals surface area contributed by atoms with Crippen LogP contribution in [0.3, 0.4) is 0 Å². The van der Waals surface area contributed by atoms with Gasteiger partial charge < -0.3 is 10.1 Å². The number of morpholine rings is 1. The van der Waals surface area contributed by atoms with Crippen LogP contribution in [-0.2, 0) is 20.9 Å². The molecule has 3 heterocycles. The van der Waals surface area contributed by atoms with Crippen LogP contribution >= 0.6 is 0 Å². The highest BCUT2D eigenvalue weighted by Gasteiger charge is 2.35. The molecule has 0 saturated carbocycles. The van der Waals surface area contributed by atoms with Crippen LogP contribution in [0, 0.1) is 12.7 Å². The number of ether oxygens (including phenoxy) is 1. The average Bonchev–Trinajstić information content (AvgIpc) is 2.80. The lowest BCUT2D eigenvalue weighted by molar-refractivity contribution is -0.137. The average molecular weight is 511 g/mol. The zero-order valence-electron chi connectivity index (χ0n) is 18.7. The predicted molar refractivity (Wildman–Crippen MR) is 121 cm³/mol. The summed E-state index contributed by atoms with van der Waals surface area (Å²) in [5.74, 6) is -1.09. The largest absolute Gasteiger partial charge is 0.418 e. The van der Waals surface area contributed by atoms with Gasteiger partial charge in [0.15, 0.2) is 0 Å². The molecule has 4 rings (SSSR count). The third-order valence-electron chi connectivity index (χ3n) is 5.57. The maximum atomic E-state index is 13.8. The Bertz CT molecular complexity index is 1350. The minimum absolute atomic E-state index is 0.0968. The smallest absolute Gasteiger partial charge is 0.369 e. The summed E-state index contributed by atoms with van der Waals surface area (Å²) in [4.78, 5) is 7.97. The number of halogens is 4. The molecule has 186 valence electrons. The van der Waals surface area contributed by atoms with Gasteiger partial charge in [-0.2, -0.15) is 13.2 Å². The molecule has 2 N–H and O–H groups in total. The summed E-state index contributed by atoms with van der Waals surface area (Å²) in [6.45, 7) is 4.48. The molecule has 2 unspecified atom stereocenters. The number of alkyl halides is 3. The van der Waals surface area contributed by atoms with E-state index in [0.717, 1.165) is 18.2 Å². The van der Waals surface area contributed by atoms with E-state index in [1.807, 2.05) is 6.92 Å². The van der Waals surface area contributed by atoms with Gasteiger partial charge >= 0.3 is 6.18 Å². The first-order valence-corrected chi connectivity index (χ1v) is 12.1. The van der Waals surface area contributed by atoms with Crippen molar-refractivity contribution in [1.82, 2.24) is 15.3 Å². The second-order valence-corrected chi connectivity index (χ2v) is 9.79.